The van der Waals surface area contributed by atoms with Crippen LogP contribution >= 0.6 is 0 Å². The maximum absolute atomic E-state index is 12.4. The third-order valence-electron chi connectivity index (χ3n) is 5.29. The van der Waals surface area contributed by atoms with Gasteiger partial charge in [-0.05, 0) is 30.1 Å². The monoisotopic (exact) mass is 260 g/mol. The van der Waals surface area contributed by atoms with Gasteiger partial charge in [-0.2, -0.15) is 0 Å². The van der Waals surface area contributed by atoms with E-state index in [1.165, 1.54) is 0 Å². The molecule has 0 aromatic heterocycles. The number of rotatable bonds is 3. The first-order chi connectivity index (χ1) is 9.09. The fourth-order valence-corrected chi connectivity index (χ4v) is 4.44. The number of imide groups is 1. The van der Waals surface area contributed by atoms with Crippen LogP contribution < -0.4 is 5.11 Å². The molecule has 6 atom stereocenters. The fraction of sp³-hybridized carbons (Fsp3) is 0.643. The van der Waals surface area contributed by atoms with E-state index in [-0.39, 0.29) is 48.5 Å². The highest BCUT2D eigenvalue weighted by Gasteiger charge is 2.66. The number of carboxylic acid groups (broad SMARTS) is 1. The third-order valence-corrected chi connectivity index (χ3v) is 5.29. The molecule has 0 unspecified atom stereocenters. The molecule has 0 radical (unpaired) electrons. The smallest absolute Gasteiger partial charge is 0.233 e. The van der Waals surface area contributed by atoms with E-state index in [9.17, 15) is 19.5 Å². The Bertz CT molecular complexity index is 490. The molecule has 5 rings (SSSR count). The Morgan fingerprint density at radius 3 is 2.16 bits per heavy atom. The van der Waals surface area contributed by atoms with E-state index in [1.807, 2.05) is 0 Å². The molecule has 5 aliphatic rings. The molecule has 4 aliphatic carbocycles. The number of allylic oxidation sites excluding steroid dienone is 2. The summed E-state index contributed by atoms with van der Waals surface area (Å²) in [6, 6.07) is 0. The fourth-order valence-electron chi connectivity index (χ4n) is 4.44. The predicted molar refractivity (Wildman–Crippen MR) is 61.0 cm³/mol. The number of nitrogens with zero attached hydrogens (tertiary/aromatic N) is 1. The Morgan fingerprint density at radius 1 is 1.16 bits per heavy atom. The minimum atomic E-state index is -1.22. The Labute approximate surface area is 110 Å². The van der Waals surface area contributed by atoms with Crippen LogP contribution in [-0.4, -0.2) is 29.2 Å². The number of likely N-dealkylation sites (tertiary alicyclic amines) is 1. The van der Waals surface area contributed by atoms with Gasteiger partial charge in [0.25, 0.3) is 0 Å². The predicted octanol–water partition coefficient (Wildman–Crippen LogP) is -0.820. The van der Waals surface area contributed by atoms with E-state index in [4.69, 9.17) is 0 Å². The largest absolute Gasteiger partial charge is 0.550 e. The van der Waals surface area contributed by atoms with Gasteiger partial charge >= 0.3 is 0 Å². The Hall–Kier alpha value is -1.65. The molecular formula is C14H14NO4-. The topological polar surface area (TPSA) is 77.5 Å². The first-order valence-corrected chi connectivity index (χ1v) is 6.83. The summed E-state index contributed by atoms with van der Waals surface area (Å²) in [5.41, 5.74) is 0. The Balaban J connectivity index is 1.63. The van der Waals surface area contributed by atoms with Crippen molar-refractivity contribution >= 4 is 17.8 Å². The van der Waals surface area contributed by atoms with Gasteiger partial charge in [0.15, 0.2) is 0 Å². The number of hydrogen-bond acceptors (Lipinski definition) is 4. The summed E-state index contributed by atoms with van der Waals surface area (Å²) in [4.78, 5) is 36.4. The number of carbonyl (C=O) groups excluding carboxylic acids is 3. The molecule has 1 heterocycles. The van der Waals surface area contributed by atoms with E-state index >= 15 is 0 Å². The SMILES string of the molecule is O=C([O-])CCN1C(=O)[C@@H]2[C@@H]3C=C[C@@H]([C@H]4C[C@H]34)[C@@H]2C1=O. The number of carboxylic acids is 1. The normalized spacial score (nSPS) is 45.4. The van der Waals surface area contributed by atoms with Crippen LogP contribution in [0.4, 0.5) is 0 Å². The Kier molecular flexibility index (Phi) is 2.04. The molecule has 0 aromatic rings. The quantitative estimate of drug-likeness (QED) is 0.490. The number of hydrogen-bond donors (Lipinski definition) is 0. The van der Waals surface area contributed by atoms with Crippen molar-refractivity contribution in [2.45, 2.75) is 12.8 Å². The summed E-state index contributed by atoms with van der Waals surface area (Å²) in [5, 5.41) is 10.5. The number of aliphatic carboxylic acids is 1. The van der Waals surface area contributed by atoms with Crippen molar-refractivity contribution in [3.05, 3.63) is 12.2 Å². The van der Waals surface area contributed by atoms with Crippen LogP contribution in [0.25, 0.3) is 0 Å². The zero-order valence-electron chi connectivity index (χ0n) is 10.3. The molecule has 2 bridgehead atoms. The van der Waals surface area contributed by atoms with Crippen LogP contribution in [-0.2, 0) is 14.4 Å². The van der Waals surface area contributed by atoms with E-state index in [1.54, 1.807) is 0 Å². The first kappa shape index (κ1) is 11.2. The lowest BCUT2D eigenvalue weighted by atomic mass is 9.63. The molecule has 100 valence electrons. The van der Waals surface area contributed by atoms with Gasteiger partial charge in [-0.15, -0.1) is 0 Å². The second kappa shape index (κ2) is 3.46. The zero-order valence-corrected chi connectivity index (χ0v) is 10.3. The van der Waals surface area contributed by atoms with Gasteiger partial charge in [-0.3, -0.25) is 14.5 Å². The molecule has 0 N–H and O–H groups in total. The third kappa shape index (κ3) is 1.33. The van der Waals surface area contributed by atoms with Crippen molar-refractivity contribution in [1.29, 1.82) is 0 Å². The maximum atomic E-state index is 12.4. The molecule has 5 heteroatoms. The van der Waals surface area contributed by atoms with Gasteiger partial charge in [-0.25, -0.2) is 0 Å². The van der Waals surface area contributed by atoms with E-state index in [0.717, 1.165) is 11.3 Å². The number of carbonyl (C=O) groups is 3. The van der Waals surface area contributed by atoms with Crippen molar-refractivity contribution in [1.82, 2.24) is 4.90 Å². The molecule has 5 nitrogen and oxygen atoms in total. The number of amides is 2. The van der Waals surface area contributed by atoms with Crippen LogP contribution in [0.3, 0.4) is 0 Å². The minimum absolute atomic E-state index is 0.0399. The average Bonchev–Trinajstić information content (AvgIpc) is 3.14. The summed E-state index contributed by atoms with van der Waals surface area (Å²) in [7, 11) is 0. The molecule has 2 amide bonds. The van der Waals surface area contributed by atoms with E-state index in [2.05, 4.69) is 12.2 Å². The zero-order chi connectivity index (χ0) is 13.3. The molecule has 1 aliphatic heterocycles. The van der Waals surface area contributed by atoms with Crippen molar-refractivity contribution in [2.24, 2.45) is 35.5 Å². The summed E-state index contributed by atoms with van der Waals surface area (Å²) >= 11 is 0. The van der Waals surface area contributed by atoms with Crippen molar-refractivity contribution in [3.63, 3.8) is 0 Å². The van der Waals surface area contributed by atoms with E-state index < -0.39 is 5.97 Å². The Morgan fingerprint density at radius 2 is 1.68 bits per heavy atom. The van der Waals surface area contributed by atoms with Gasteiger partial charge in [0.2, 0.25) is 11.8 Å². The highest BCUT2D eigenvalue weighted by atomic mass is 16.4. The van der Waals surface area contributed by atoms with Crippen LogP contribution in [0.15, 0.2) is 12.2 Å². The molecule has 0 spiro atoms. The van der Waals surface area contributed by atoms with Crippen LogP contribution in [0.5, 0.6) is 0 Å². The highest BCUT2D eigenvalue weighted by Crippen LogP contribution is 2.65. The van der Waals surface area contributed by atoms with Crippen LogP contribution in [0.2, 0.25) is 0 Å². The van der Waals surface area contributed by atoms with E-state index in [0.29, 0.717) is 11.8 Å². The lowest BCUT2D eigenvalue weighted by Gasteiger charge is -2.37. The van der Waals surface area contributed by atoms with Crippen LogP contribution in [0, 0.1) is 35.5 Å². The first-order valence-electron chi connectivity index (χ1n) is 6.83. The average molecular weight is 260 g/mol. The molecule has 3 fully saturated rings. The summed E-state index contributed by atoms with van der Waals surface area (Å²) < 4.78 is 0. The maximum Gasteiger partial charge on any atom is 0.233 e. The lowest BCUT2D eigenvalue weighted by molar-refractivity contribution is -0.305. The van der Waals surface area contributed by atoms with Gasteiger partial charge in [0.1, 0.15) is 0 Å². The van der Waals surface area contributed by atoms with Gasteiger partial charge in [0.05, 0.1) is 11.8 Å². The minimum Gasteiger partial charge on any atom is -0.550 e. The molecular weight excluding hydrogens is 246 g/mol. The van der Waals surface area contributed by atoms with Crippen molar-refractivity contribution in [3.8, 4) is 0 Å². The molecule has 0 aromatic carbocycles. The summed E-state index contributed by atoms with van der Waals surface area (Å²) in [6.07, 6.45) is 5.07. The van der Waals surface area contributed by atoms with Crippen molar-refractivity contribution in [2.75, 3.05) is 6.54 Å². The van der Waals surface area contributed by atoms with Crippen molar-refractivity contribution < 1.29 is 19.5 Å². The standard InChI is InChI=1S/C14H15NO4/c16-10(17)3-4-15-13(18)11-6-1-2-7(9-5-8(6)9)12(11)14(15)19/h1-2,6-9,11-12H,3-5H2,(H,16,17)/p-1/t6-,7+,8-,9-,11-,12+/m1/s1. The molecule has 1 saturated heterocycles. The second-order valence-electron chi connectivity index (χ2n) is 6.10. The molecule has 19 heavy (non-hydrogen) atoms. The summed E-state index contributed by atoms with van der Waals surface area (Å²) in [6.45, 7) is -0.0399. The van der Waals surface area contributed by atoms with Gasteiger partial charge < -0.3 is 9.90 Å². The van der Waals surface area contributed by atoms with Gasteiger partial charge in [0, 0.05) is 18.9 Å². The van der Waals surface area contributed by atoms with Gasteiger partial charge in [-0.1, -0.05) is 12.2 Å². The lowest BCUT2D eigenvalue weighted by Crippen LogP contribution is -2.40. The second-order valence-corrected chi connectivity index (χ2v) is 6.10. The highest BCUT2D eigenvalue weighted by molar-refractivity contribution is 6.06. The van der Waals surface area contributed by atoms with Crippen LogP contribution in [0.1, 0.15) is 12.8 Å². The molecule has 2 saturated carbocycles. The summed E-state index contributed by atoms with van der Waals surface area (Å²) in [5.74, 6) is -0.459.